The van der Waals surface area contributed by atoms with Crippen LogP contribution in [0.5, 0.6) is 5.75 Å². The molecule has 1 aromatic heterocycles. The van der Waals surface area contributed by atoms with Crippen molar-refractivity contribution in [2.45, 2.75) is 32.2 Å². The molecule has 0 spiro atoms. The monoisotopic (exact) mass is 211 g/mol. The predicted octanol–water partition coefficient (Wildman–Crippen LogP) is 1.53. The van der Waals surface area contributed by atoms with Gasteiger partial charge in [0.2, 0.25) is 0 Å². The van der Waals surface area contributed by atoms with Crippen molar-refractivity contribution in [3.8, 4) is 5.75 Å². The molecule has 4 nitrogen and oxygen atoms in total. The van der Waals surface area contributed by atoms with E-state index in [1.54, 1.807) is 13.3 Å². The van der Waals surface area contributed by atoms with E-state index in [-0.39, 0.29) is 0 Å². The number of ether oxygens (including phenoxy) is 1. The van der Waals surface area contributed by atoms with Gasteiger partial charge in [-0.2, -0.15) is 5.10 Å². The van der Waals surface area contributed by atoms with E-state index in [4.69, 9.17) is 4.74 Å². The van der Waals surface area contributed by atoms with Crippen molar-refractivity contribution in [2.75, 3.05) is 14.2 Å². The fourth-order valence-corrected chi connectivity index (χ4v) is 1.91. The van der Waals surface area contributed by atoms with Gasteiger partial charge in [0.15, 0.2) is 5.75 Å². The summed E-state index contributed by atoms with van der Waals surface area (Å²) in [5.41, 5.74) is 1.17. The summed E-state index contributed by atoms with van der Waals surface area (Å²) in [5, 5.41) is 7.46. The summed E-state index contributed by atoms with van der Waals surface area (Å²) in [5.74, 6) is 1.32. The number of nitrogens with one attached hydrogen (secondary N) is 1. The summed E-state index contributed by atoms with van der Waals surface area (Å²) in [7, 11) is 5.63. The number of methoxy groups -OCH3 is 1. The van der Waals surface area contributed by atoms with Crippen molar-refractivity contribution in [2.24, 2.45) is 7.05 Å². The Hall–Kier alpha value is -1.03. The van der Waals surface area contributed by atoms with E-state index in [9.17, 15) is 0 Å². The first-order valence-corrected chi connectivity index (χ1v) is 5.33. The molecule has 0 bridgehead atoms. The summed E-state index contributed by atoms with van der Waals surface area (Å²) in [4.78, 5) is 0. The van der Waals surface area contributed by atoms with Crippen molar-refractivity contribution >= 4 is 0 Å². The number of hydrogen-bond acceptors (Lipinski definition) is 3. The summed E-state index contributed by atoms with van der Waals surface area (Å²) >= 11 is 0. The van der Waals surface area contributed by atoms with Gasteiger partial charge in [-0.25, -0.2) is 0 Å². The van der Waals surface area contributed by atoms with Gasteiger partial charge in [-0.15, -0.1) is 0 Å². The van der Waals surface area contributed by atoms with E-state index in [0.29, 0.717) is 12.0 Å². The van der Waals surface area contributed by atoms with Crippen LogP contribution in [-0.2, 0) is 7.05 Å². The third kappa shape index (κ3) is 2.72. The fraction of sp³-hybridized carbons (Fsp3) is 0.727. The first-order chi connectivity index (χ1) is 7.10. The highest BCUT2D eigenvalue weighted by Crippen LogP contribution is 2.28. The highest BCUT2D eigenvalue weighted by molar-refractivity contribution is 5.28. The molecule has 0 aromatic carbocycles. The predicted molar refractivity (Wildman–Crippen MR) is 61.3 cm³/mol. The summed E-state index contributed by atoms with van der Waals surface area (Å²) in [6, 6.07) is 0.500. The Morgan fingerprint density at radius 3 is 2.73 bits per heavy atom. The van der Waals surface area contributed by atoms with Crippen LogP contribution < -0.4 is 10.1 Å². The number of aryl methyl sites for hydroxylation is 1. The lowest BCUT2D eigenvalue weighted by atomic mass is 9.99. The molecule has 1 aromatic rings. The molecule has 0 aliphatic heterocycles. The van der Waals surface area contributed by atoms with Crippen molar-refractivity contribution in [3.05, 3.63) is 11.9 Å². The van der Waals surface area contributed by atoms with Crippen LogP contribution in [0.15, 0.2) is 6.20 Å². The minimum Gasteiger partial charge on any atom is -0.493 e. The van der Waals surface area contributed by atoms with Crippen molar-refractivity contribution in [1.82, 2.24) is 15.1 Å². The van der Waals surface area contributed by atoms with Crippen LogP contribution >= 0.6 is 0 Å². The van der Waals surface area contributed by atoms with Crippen LogP contribution in [-0.4, -0.2) is 30.0 Å². The molecule has 0 fully saturated rings. The molecule has 0 aliphatic carbocycles. The summed E-state index contributed by atoms with van der Waals surface area (Å²) in [6.45, 7) is 4.38. The lowest BCUT2D eigenvalue weighted by Gasteiger charge is -2.18. The van der Waals surface area contributed by atoms with Gasteiger partial charge in [0.25, 0.3) is 0 Å². The Morgan fingerprint density at radius 1 is 1.53 bits per heavy atom. The maximum absolute atomic E-state index is 5.30. The summed E-state index contributed by atoms with van der Waals surface area (Å²) < 4.78 is 7.19. The van der Waals surface area contributed by atoms with Crippen molar-refractivity contribution in [3.63, 3.8) is 0 Å². The lowest BCUT2D eigenvalue weighted by molar-refractivity contribution is 0.398. The largest absolute Gasteiger partial charge is 0.493 e. The van der Waals surface area contributed by atoms with Crippen LogP contribution in [0.2, 0.25) is 0 Å². The third-order valence-electron chi connectivity index (χ3n) is 2.84. The van der Waals surface area contributed by atoms with E-state index < -0.39 is 0 Å². The van der Waals surface area contributed by atoms with Gasteiger partial charge >= 0.3 is 0 Å². The van der Waals surface area contributed by atoms with Crippen LogP contribution in [0.4, 0.5) is 0 Å². The topological polar surface area (TPSA) is 39.1 Å². The molecule has 1 heterocycles. The minimum atomic E-state index is 0.440. The van der Waals surface area contributed by atoms with Crippen LogP contribution in [0.3, 0.4) is 0 Å². The number of hydrogen-bond donors (Lipinski definition) is 1. The second-order valence-electron chi connectivity index (χ2n) is 4.05. The van der Waals surface area contributed by atoms with E-state index in [1.807, 2.05) is 18.8 Å². The maximum atomic E-state index is 5.30. The van der Waals surface area contributed by atoms with Gasteiger partial charge in [0.1, 0.15) is 0 Å². The van der Waals surface area contributed by atoms with Gasteiger partial charge in [0, 0.05) is 19.0 Å². The van der Waals surface area contributed by atoms with E-state index in [0.717, 1.165) is 12.2 Å². The Labute approximate surface area is 91.6 Å². The maximum Gasteiger partial charge on any atom is 0.160 e. The average Bonchev–Trinajstić information content (AvgIpc) is 2.59. The highest BCUT2D eigenvalue weighted by atomic mass is 16.5. The van der Waals surface area contributed by atoms with Crippen LogP contribution in [0, 0.1) is 0 Å². The average molecular weight is 211 g/mol. The normalized spacial score (nSPS) is 15.0. The molecule has 1 rings (SSSR count). The number of nitrogens with zero attached hydrogens (tertiary/aromatic N) is 2. The number of aromatic nitrogens is 2. The standard InChI is InChI=1S/C11H21N3O/c1-8(6-9(2)12-3)11-10(15-5)7-13-14(11)4/h7-9,12H,6H2,1-5H3. The summed E-state index contributed by atoms with van der Waals surface area (Å²) in [6.07, 6.45) is 2.85. The molecule has 0 aliphatic rings. The SMILES string of the molecule is CNC(C)CC(C)c1c(OC)cnn1C. The van der Waals surface area contributed by atoms with Gasteiger partial charge in [-0.3, -0.25) is 4.68 Å². The second-order valence-corrected chi connectivity index (χ2v) is 4.05. The Morgan fingerprint density at radius 2 is 2.20 bits per heavy atom. The third-order valence-corrected chi connectivity index (χ3v) is 2.84. The van der Waals surface area contributed by atoms with Crippen molar-refractivity contribution < 1.29 is 4.74 Å². The van der Waals surface area contributed by atoms with Gasteiger partial charge in [0.05, 0.1) is 19.0 Å². The van der Waals surface area contributed by atoms with Gasteiger partial charge in [-0.05, 0) is 20.4 Å². The van der Waals surface area contributed by atoms with E-state index in [1.165, 1.54) is 5.69 Å². The second kappa shape index (κ2) is 5.16. The van der Waals surface area contributed by atoms with Crippen LogP contribution in [0.25, 0.3) is 0 Å². The molecule has 0 saturated heterocycles. The van der Waals surface area contributed by atoms with Crippen molar-refractivity contribution in [1.29, 1.82) is 0 Å². The van der Waals surface area contributed by atoms with Gasteiger partial charge in [-0.1, -0.05) is 6.92 Å². The Balaban J connectivity index is 2.80. The Kier molecular flexibility index (Phi) is 4.15. The molecule has 1 N–H and O–H groups in total. The van der Waals surface area contributed by atoms with Crippen LogP contribution in [0.1, 0.15) is 31.9 Å². The lowest BCUT2D eigenvalue weighted by Crippen LogP contribution is -2.23. The van der Waals surface area contributed by atoms with E-state index in [2.05, 4.69) is 24.3 Å². The minimum absolute atomic E-state index is 0.440. The molecule has 0 radical (unpaired) electrons. The smallest absolute Gasteiger partial charge is 0.160 e. The molecular weight excluding hydrogens is 190 g/mol. The molecule has 4 heteroatoms. The van der Waals surface area contributed by atoms with E-state index >= 15 is 0 Å². The number of rotatable bonds is 5. The fourth-order valence-electron chi connectivity index (χ4n) is 1.91. The molecule has 86 valence electrons. The zero-order valence-electron chi connectivity index (χ0n) is 10.2. The highest BCUT2D eigenvalue weighted by Gasteiger charge is 2.18. The quantitative estimate of drug-likeness (QED) is 0.802. The zero-order chi connectivity index (χ0) is 11.4. The first kappa shape index (κ1) is 12.0. The molecular formula is C11H21N3O. The Bertz CT molecular complexity index is 309. The molecule has 0 saturated carbocycles. The van der Waals surface area contributed by atoms with Gasteiger partial charge < -0.3 is 10.1 Å². The molecule has 15 heavy (non-hydrogen) atoms. The molecule has 0 amide bonds. The zero-order valence-corrected chi connectivity index (χ0v) is 10.2. The molecule has 2 unspecified atom stereocenters. The molecule has 2 atom stereocenters. The first-order valence-electron chi connectivity index (χ1n) is 5.33.